The summed E-state index contributed by atoms with van der Waals surface area (Å²) in [6, 6.07) is 0. The lowest BCUT2D eigenvalue weighted by atomic mass is 9.91. The Labute approximate surface area is 106 Å². The third-order valence-corrected chi connectivity index (χ3v) is 2.77. The molecule has 3 heteroatoms. The van der Waals surface area contributed by atoms with Crippen LogP contribution in [0.4, 0.5) is 0 Å². The monoisotopic (exact) mass is 240 g/mol. The highest BCUT2D eigenvalue weighted by Crippen LogP contribution is 2.18. The van der Waals surface area contributed by atoms with Gasteiger partial charge in [0.05, 0.1) is 0 Å². The van der Waals surface area contributed by atoms with Crippen LogP contribution in [-0.4, -0.2) is 37.0 Å². The van der Waals surface area contributed by atoms with Gasteiger partial charge in [-0.05, 0) is 33.9 Å². The number of carbonyl (C=O) groups is 1. The van der Waals surface area contributed by atoms with Gasteiger partial charge in [0.25, 0.3) is 0 Å². The number of hydrogen-bond acceptors (Lipinski definition) is 2. The lowest BCUT2D eigenvalue weighted by Crippen LogP contribution is -2.45. The number of hydrogen-bond donors (Lipinski definition) is 1. The van der Waals surface area contributed by atoms with E-state index in [0.29, 0.717) is 0 Å². The smallest absolute Gasteiger partial charge is 0.244 e. The van der Waals surface area contributed by atoms with E-state index in [2.05, 4.69) is 26.1 Å². The molecule has 0 atom stereocenters. The number of nitrogens with zero attached hydrogens (tertiary/aromatic N) is 1. The summed E-state index contributed by atoms with van der Waals surface area (Å²) < 4.78 is 0. The average molecular weight is 240 g/mol. The number of nitrogens with one attached hydrogen (secondary N) is 1. The molecule has 0 radical (unpaired) electrons. The van der Waals surface area contributed by atoms with Gasteiger partial charge in [-0.3, -0.25) is 4.79 Å². The van der Waals surface area contributed by atoms with Crippen LogP contribution in [-0.2, 0) is 4.79 Å². The molecule has 0 saturated heterocycles. The van der Waals surface area contributed by atoms with Crippen LogP contribution in [0.1, 0.15) is 46.5 Å². The van der Waals surface area contributed by atoms with Crippen LogP contribution in [0.15, 0.2) is 12.2 Å². The van der Waals surface area contributed by atoms with E-state index in [1.807, 2.05) is 25.1 Å². The Morgan fingerprint density at radius 3 is 2.18 bits per heavy atom. The van der Waals surface area contributed by atoms with E-state index in [1.54, 1.807) is 6.08 Å². The SMILES string of the molecule is CCCC(C)(CCC)NC(=O)/C=C/CN(C)C. The minimum atomic E-state index is -0.0525. The molecular weight excluding hydrogens is 212 g/mol. The van der Waals surface area contributed by atoms with Gasteiger partial charge < -0.3 is 10.2 Å². The van der Waals surface area contributed by atoms with E-state index in [1.165, 1.54) is 0 Å². The third-order valence-electron chi connectivity index (χ3n) is 2.77. The highest BCUT2D eigenvalue weighted by Gasteiger charge is 2.23. The molecule has 0 fully saturated rings. The van der Waals surface area contributed by atoms with Gasteiger partial charge in [-0.15, -0.1) is 0 Å². The molecule has 1 N–H and O–H groups in total. The average Bonchev–Trinajstić information content (AvgIpc) is 2.16. The lowest BCUT2D eigenvalue weighted by molar-refractivity contribution is -0.118. The van der Waals surface area contributed by atoms with Gasteiger partial charge in [0.2, 0.25) is 5.91 Å². The van der Waals surface area contributed by atoms with E-state index in [-0.39, 0.29) is 11.4 Å². The van der Waals surface area contributed by atoms with E-state index in [0.717, 1.165) is 32.2 Å². The van der Waals surface area contributed by atoms with Crippen LogP contribution in [0.5, 0.6) is 0 Å². The maximum absolute atomic E-state index is 11.8. The molecule has 0 rings (SSSR count). The molecule has 17 heavy (non-hydrogen) atoms. The molecule has 0 spiro atoms. The van der Waals surface area contributed by atoms with Crippen molar-refractivity contribution in [3.63, 3.8) is 0 Å². The van der Waals surface area contributed by atoms with Crippen LogP contribution in [0, 0.1) is 0 Å². The summed E-state index contributed by atoms with van der Waals surface area (Å²) >= 11 is 0. The minimum absolute atomic E-state index is 0.0243. The first-order valence-corrected chi connectivity index (χ1v) is 6.57. The Hall–Kier alpha value is -0.830. The molecule has 0 aromatic carbocycles. The van der Waals surface area contributed by atoms with Crippen molar-refractivity contribution in [1.82, 2.24) is 10.2 Å². The van der Waals surface area contributed by atoms with Gasteiger partial charge in [-0.25, -0.2) is 0 Å². The number of likely N-dealkylation sites (N-methyl/N-ethyl adjacent to an activating group) is 1. The molecule has 0 bridgehead atoms. The molecule has 3 nitrogen and oxygen atoms in total. The highest BCUT2D eigenvalue weighted by atomic mass is 16.1. The molecule has 1 amide bonds. The highest BCUT2D eigenvalue weighted by molar-refractivity contribution is 5.88. The Morgan fingerprint density at radius 2 is 1.76 bits per heavy atom. The molecule has 0 aromatic rings. The van der Waals surface area contributed by atoms with Crippen molar-refractivity contribution in [2.75, 3.05) is 20.6 Å². The summed E-state index contributed by atoms with van der Waals surface area (Å²) in [4.78, 5) is 13.8. The quantitative estimate of drug-likeness (QED) is 0.661. The first-order chi connectivity index (χ1) is 7.93. The van der Waals surface area contributed by atoms with E-state index >= 15 is 0 Å². The molecule has 100 valence electrons. The summed E-state index contributed by atoms with van der Waals surface area (Å²) in [7, 11) is 3.97. The number of amides is 1. The Morgan fingerprint density at radius 1 is 1.24 bits per heavy atom. The first kappa shape index (κ1) is 16.2. The van der Waals surface area contributed by atoms with Gasteiger partial charge in [0, 0.05) is 18.2 Å². The van der Waals surface area contributed by atoms with Gasteiger partial charge in [-0.2, -0.15) is 0 Å². The number of carbonyl (C=O) groups excluding carboxylic acids is 1. The zero-order chi connectivity index (χ0) is 13.3. The van der Waals surface area contributed by atoms with Gasteiger partial charge >= 0.3 is 0 Å². The maximum atomic E-state index is 11.8. The van der Waals surface area contributed by atoms with Crippen LogP contribution in [0.2, 0.25) is 0 Å². The predicted molar refractivity (Wildman–Crippen MR) is 74.1 cm³/mol. The van der Waals surface area contributed by atoms with Crippen LogP contribution in [0.25, 0.3) is 0 Å². The van der Waals surface area contributed by atoms with Crippen molar-refractivity contribution < 1.29 is 4.79 Å². The summed E-state index contributed by atoms with van der Waals surface area (Å²) in [5.74, 6) is 0.0243. The standard InChI is InChI=1S/C14H28N2O/c1-6-10-14(3,11-7-2)15-13(17)9-8-12-16(4)5/h8-9H,6-7,10-12H2,1-5H3,(H,15,17)/b9-8+. The molecule has 0 aliphatic carbocycles. The molecule has 0 unspecified atom stereocenters. The summed E-state index contributed by atoms with van der Waals surface area (Å²) in [5.41, 5.74) is -0.0525. The third kappa shape index (κ3) is 7.97. The van der Waals surface area contributed by atoms with Crippen LogP contribution < -0.4 is 5.32 Å². The van der Waals surface area contributed by atoms with Crippen molar-refractivity contribution in [2.45, 2.75) is 52.0 Å². The Balaban J connectivity index is 4.25. The fourth-order valence-electron chi connectivity index (χ4n) is 2.06. The molecule has 0 aliphatic rings. The molecule has 0 aromatic heterocycles. The number of rotatable bonds is 8. The Bertz CT molecular complexity index is 241. The van der Waals surface area contributed by atoms with E-state index in [9.17, 15) is 4.79 Å². The Kier molecular flexibility index (Phi) is 7.88. The molecule has 0 aliphatic heterocycles. The van der Waals surface area contributed by atoms with E-state index in [4.69, 9.17) is 0 Å². The van der Waals surface area contributed by atoms with Crippen molar-refractivity contribution in [2.24, 2.45) is 0 Å². The van der Waals surface area contributed by atoms with Crippen molar-refractivity contribution in [3.8, 4) is 0 Å². The van der Waals surface area contributed by atoms with Crippen LogP contribution in [0.3, 0.4) is 0 Å². The summed E-state index contributed by atoms with van der Waals surface area (Å²) in [6.07, 6.45) is 7.80. The normalized spacial score (nSPS) is 12.4. The second-order valence-electron chi connectivity index (χ2n) is 5.21. The lowest BCUT2D eigenvalue weighted by Gasteiger charge is -2.29. The molecule has 0 saturated carbocycles. The van der Waals surface area contributed by atoms with Gasteiger partial charge in [0.15, 0.2) is 0 Å². The fraction of sp³-hybridized carbons (Fsp3) is 0.786. The molecule has 0 heterocycles. The first-order valence-electron chi connectivity index (χ1n) is 6.57. The van der Waals surface area contributed by atoms with Crippen molar-refractivity contribution >= 4 is 5.91 Å². The largest absolute Gasteiger partial charge is 0.347 e. The second-order valence-corrected chi connectivity index (χ2v) is 5.21. The fourth-order valence-corrected chi connectivity index (χ4v) is 2.06. The minimum Gasteiger partial charge on any atom is -0.347 e. The van der Waals surface area contributed by atoms with Gasteiger partial charge in [0.1, 0.15) is 0 Å². The van der Waals surface area contributed by atoms with Crippen molar-refractivity contribution in [3.05, 3.63) is 12.2 Å². The van der Waals surface area contributed by atoms with E-state index < -0.39 is 0 Å². The zero-order valence-corrected chi connectivity index (χ0v) is 12.0. The van der Waals surface area contributed by atoms with Crippen molar-refractivity contribution in [1.29, 1.82) is 0 Å². The zero-order valence-electron chi connectivity index (χ0n) is 12.0. The summed E-state index contributed by atoms with van der Waals surface area (Å²) in [5, 5.41) is 3.12. The molecular formula is C14H28N2O. The van der Waals surface area contributed by atoms with Gasteiger partial charge in [-0.1, -0.05) is 32.8 Å². The predicted octanol–water partition coefficient (Wildman–Crippen LogP) is 2.58. The maximum Gasteiger partial charge on any atom is 0.244 e. The summed E-state index contributed by atoms with van der Waals surface area (Å²) in [6.45, 7) is 7.24. The topological polar surface area (TPSA) is 32.3 Å². The second kappa shape index (κ2) is 8.29. The van der Waals surface area contributed by atoms with Crippen LogP contribution >= 0.6 is 0 Å².